The second-order valence-corrected chi connectivity index (χ2v) is 2.57. The van der Waals surface area contributed by atoms with Crippen LogP contribution < -0.4 is 4.57 Å². The van der Waals surface area contributed by atoms with Crippen molar-refractivity contribution in [2.75, 3.05) is 0 Å². The zero-order chi connectivity index (χ0) is 13.4. The van der Waals surface area contributed by atoms with Gasteiger partial charge in [0.2, 0.25) is 0 Å². The molecular weight excluding hydrogens is 220 g/mol. The maximum absolute atomic E-state index is 3.78. The zero-order valence-electron chi connectivity index (χ0n) is 11.7. The molecule has 0 radical (unpaired) electrons. The minimum atomic E-state index is 0. The van der Waals surface area contributed by atoms with Gasteiger partial charge in [-0.2, -0.15) is 0 Å². The van der Waals surface area contributed by atoms with Crippen LogP contribution in [0.2, 0.25) is 0 Å². The van der Waals surface area contributed by atoms with Crippen molar-refractivity contribution < 1.29 is 4.57 Å². The van der Waals surface area contributed by atoms with Gasteiger partial charge in [0.25, 0.3) is 0 Å². The first-order chi connectivity index (χ1) is 8.39. The van der Waals surface area contributed by atoms with Gasteiger partial charge in [0.05, 0.1) is 0 Å². The van der Waals surface area contributed by atoms with Crippen LogP contribution in [0.15, 0.2) is 61.2 Å². The fourth-order valence-electron chi connectivity index (χ4n) is 0.797. The van der Waals surface area contributed by atoms with Crippen molar-refractivity contribution in [2.24, 2.45) is 7.05 Å². The van der Waals surface area contributed by atoms with Crippen molar-refractivity contribution >= 4 is 0 Å². The molecule has 2 aromatic rings. The van der Waals surface area contributed by atoms with E-state index in [1.165, 1.54) is 0 Å². The molecule has 0 aliphatic carbocycles. The molecule has 0 saturated carbocycles. The molecule has 2 heteroatoms. The van der Waals surface area contributed by atoms with Gasteiger partial charge in [-0.15, -0.1) is 0 Å². The standard InChI is InChI=1S/C6H8N.C5H5N.2C2H6.CH4/c1-7-5-3-2-4-6-7;1-2-4-6-5-3-1;2*1-2;/h2-6H,1H3;1-5H;2*1-2H3;1H4/q+1;;;;. The average molecular weight is 249 g/mol. The fourth-order valence-corrected chi connectivity index (χ4v) is 0.797. The third kappa shape index (κ3) is 16.7. The minimum absolute atomic E-state index is 0. The Labute approximate surface area is 113 Å². The van der Waals surface area contributed by atoms with Crippen LogP contribution in [0, 0.1) is 0 Å². The van der Waals surface area contributed by atoms with E-state index in [4.69, 9.17) is 0 Å². The molecule has 0 aliphatic rings. The van der Waals surface area contributed by atoms with Crippen LogP contribution in [0.4, 0.5) is 0 Å². The van der Waals surface area contributed by atoms with E-state index < -0.39 is 0 Å². The molecule has 2 nitrogen and oxygen atoms in total. The van der Waals surface area contributed by atoms with Crippen LogP contribution in [0.1, 0.15) is 35.1 Å². The number of rotatable bonds is 0. The first-order valence-electron chi connectivity index (χ1n) is 6.15. The molecule has 0 atom stereocenters. The molecule has 2 rings (SSSR count). The molecule has 2 heterocycles. The first kappa shape index (κ1) is 21.6. The van der Waals surface area contributed by atoms with E-state index in [9.17, 15) is 0 Å². The highest BCUT2D eigenvalue weighted by Crippen LogP contribution is 1.73. The Kier molecular flexibility index (Phi) is 24.8. The van der Waals surface area contributed by atoms with Crippen LogP contribution >= 0.6 is 0 Å². The summed E-state index contributed by atoms with van der Waals surface area (Å²) in [7, 11) is 2.00. The minimum Gasteiger partial charge on any atom is -0.265 e. The second kappa shape index (κ2) is 20.7. The van der Waals surface area contributed by atoms with Gasteiger partial charge in [-0.05, 0) is 12.1 Å². The predicted octanol–water partition coefficient (Wildman–Crippen LogP) is 4.28. The molecule has 0 saturated heterocycles. The normalized spacial score (nSPS) is 6.72. The summed E-state index contributed by atoms with van der Waals surface area (Å²) in [5, 5.41) is 0. The number of aromatic nitrogens is 2. The van der Waals surface area contributed by atoms with Crippen molar-refractivity contribution in [1.29, 1.82) is 0 Å². The van der Waals surface area contributed by atoms with Crippen LogP contribution in [0.5, 0.6) is 0 Å². The summed E-state index contributed by atoms with van der Waals surface area (Å²) in [5.41, 5.74) is 0. The Morgan fingerprint density at radius 2 is 1.06 bits per heavy atom. The SMILES string of the molecule is C.CC.CC.C[n+]1ccccc1.c1ccncc1. The average Bonchev–Trinajstić information content (AvgIpc) is 2.47. The van der Waals surface area contributed by atoms with E-state index in [0.29, 0.717) is 0 Å². The molecule has 0 fully saturated rings. The van der Waals surface area contributed by atoms with Crippen molar-refractivity contribution in [2.45, 2.75) is 35.1 Å². The van der Waals surface area contributed by atoms with E-state index in [1.807, 2.05) is 88.1 Å². The van der Waals surface area contributed by atoms with Crippen LogP contribution in [0.3, 0.4) is 0 Å². The molecule has 0 spiro atoms. The summed E-state index contributed by atoms with van der Waals surface area (Å²) in [5.74, 6) is 0. The second-order valence-electron chi connectivity index (χ2n) is 2.57. The zero-order valence-corrected chi connectivity index (χ0v) is 11.7. The molecule has 0 N–H and O–H groups in total. The predicted molar refractivity (Wildman–Crippen MR) is 81.3 cm³/mol. The summed E-state index contributed by atoms with van der Waals surface area (Å²) in [6.45, 7) is 8.00. The number of aryl methyl sites for hydroxylation is 1. The Morgan fingerprint density at radius 1 is 0.667 bits per heavy atom. The van der Waals surface area contributed by atoms with Crippen molar-refractivity contribution in [3.8, 4) is 0 Å². The molecule has 0 aliphatic heterocycles. The number of hydrogen-bond donors (Lipinski definition) is 0. The number of pyridine rings is 2. The van der Waals surface area contributed by atoms with E-state index >= 15 is 0 Å². The van der Waals surface area contributed by atoms with E-state index in [0.717, 1.165) is 0 Å². The van der Waals surface area contributed by atoms with Crippen molar-refractivity contribution in [3.63, 3.8) is 0 Å². The Morgan fingerprint density at radius 3 is 1.22 bits per heavy atom. The molecular formula is C16H29N2+. The molecule has 0 amide bonds. The molecule has 0 unspecified atom stereocenters. The maximum Gasteiger partial charge on any atom is 0.168 e. The van der Waals surface area contributed by atoms with Crippen LogP contribution in [-0.2, 0) is 7.05 Å². The number of nitrogens with zero attached hydrogens (tertiary/aromatic N) is 2. The van der Waals surface area contributed by atoms with Crippen LogP contribution in [-0.4, -0.2) is 4.98 Å². The number of hydrogen-bond acceptors (Lipinski definition) is 1. The smallest absolute Gasteiger partial charge is 0.168 e. The summed E-state index contributed by atoms with van der Waals surface area (Å²) in [6, 6.07) is 11.7. The highest BCUT2D eigenvalue weighted by Gasteiger charge is 1.78. The molecule has 2 aromatic heterocycles. The van der Waals surface area contributed by atoms with Gasteiger partial charge < -0.3 is 0 Å². The van der Waals surface area contributed by atoms with E-state index in [-0.39, 0.29) is 7.43 Å². The van der Waals surface area contributed by atoms with Gasteiger partial charge in [-0.25, -0.2) is 4.57 Å². The Hall–Kier alpha value is -1.70. The molecule has 102 valence electrons. The maximum atomic E-state index is 3.78. The van der Waals surface area contributed by atoms with Gasteiger partial charge in [0.1, 0.15) is 7.05 Å². The highest BCUT2D eigenvalue weighted by atomic mass is 14.9. The lowest BCUT2D eigenvalue weighted by Gasteiger charge is -1.77. The fraction of sp³-hybridized carbons (Fsp3) is 0.375. The van der Waals surface area contributed by atoms with Gasteiger partial charge in [-0.3, -0.25) is 4.98 Å². The molecule has 0 aromatic carbocycles. The third-order valence-corrected chi connectivity index (χ3v) is 1.43. The lowest BCUT2D eigenvalue weighted by molar-refractivity contribution is -0.671. The summed E-state index contributed by atoms with van der Waals surface area (Å²) in [4.78, 5) is 3.78. The van der Waals surface area contributed by atoms with Crippen molar-refractivity contribution in [1.82, 2.24) is 4.98 Å². The Bertz CT molecular complexity index is 280. The van der Waals surface area contributed by atoms with Gasteiger partial charge in [-0.1, -0.05) is 47.3 Å². The molecule has 18 heavy (non-hydrogen) atoms. The summed E-state index contributed by atoms with van der Waals surface area (Å²) < 4.78 is 2.00. The quantitative estimate of drug-likeness (QED) is 0.637. The van der Waals surface area contributed by atoms with Gasteiger partial charge in [0, 0.05) is 24.5 Å². The summed E-state index contributed by atoms with van der Waals surface area (Å²) in [6.07, 6.45) is 7.50. The monoisotopic (exact) mass is 249 g/mol. The van der Waals surface area contributed by atoms with Gasteiger partial charge in [0.15, 0.2) is 12.4 Å². The van der Waals surface area contributed by atoms with Gasteiger partial charge >= 0.3 is 0 Å². The topological polar surface area (TPSA) is 16.8 Å². The molecule has 0 bridgehead atoms. The van der Waals surface area contributed by atoms with E-state index in [1.54, 1.807) is 12.4 Å². The van der Waals surface area contributed by atoms with E-state index in [2.05, 4.69) is 4.98 Å². The van der Waals surface area contributed by atoms with Crippen LogP contribution in [0.25, 0.3) is 0 Å². The summed E-state index contributed by atoms with van der Waals surface area (Å²) >= 11 is 0. The lowest BCUT2D eigenvalue weighted by Crippen LogP contribution is -2.25. The largest absolute Gasteiger partial charge is 0.265 e. The lowest BCUT2D eigenvalue weighted by atomic mass is 10.5. The Balaban J connectivity index is -0.000000189. The first-order valence-corrected chi connectivity index (χ1v) is 6.15. The highest BCUT2D eigenvalue weighted by molar-refractivity contribution is 4.88. The van der Waals surface area contributed by atoms with Crippen molar-refractivity contribution in [3.05, 3.63) is 61.2 Å². The third-order valence-electron chi connectivity index (χ3n) is 1.43.